The molecule has 0 spiro atoms. The first kappa shape index (κ1) is 11.3. The second-order valence-electron chi connectivity index (χ2n) is 6.04. The van der Waals surface area contributed by atoms with E-state index in [2.05, 4.69) is 25.1 Å². The standard InChI is InChI=1S/C16H23N/c1-12-4-5-13-6-7-14(10-15(12)13)16(11-17)8-2-3-9-16/h6-7,10,12H,2-5,8-9,11,17H2,1H3. The van der Waals surface area contributed by atoms with Crippen molar-refractivity contribution in [3.63, 3.8) is 0 Å². The first-order valence-electron chi connectivity index (χ1n) is 7.08. The highest BCUT2D eigenvalue weighted by atomic mass is 14.6. The Kier molecular flexibility index (Phi) is 2.74. The van der Waals surface area contributed by atoms with Crippen LogP contribution in [0, 0.1) is 0 Å². The molecule has 3 rings (SSSR count). The molecule has 2 aliphatic carbocycles. The van der Waals surface area contributed by atoms with E-state index >= 15 is 0 Å². The van der Waals surface area contributed by atoms with Crippen LogP contribution in [0.1, 0.15) is 61.6 Å². The molecule has 1 heteroatoms. The van der Waals surface area contributed by atoms with Gasteiger partial charge in [-0.25, -0.2) is 0 Å². The van der Waals surface area contributed by atoms with Crippen molar-refractivity contribution in [2.45, 2.75) is 56.8 Å². The number of aryl methyl sites for hydroxylation is 1. The van der Waals surface area contributed by atoms with Gasteiger partial charge in [0, 0.05) is 12.0 Å². The number of rotatable bonds is 2. The van der Waals surface area contributed by atoms with Crippen LogP contribution in [0.3, 0.4) is 0 Å². The quantitative estimate of drug-likeness (QED) is 0.825. The van der Waals surface area contributed by atoms with Gasteiger partial charge in [0.05, 0.1) is 0 Å². The summed E-state index contributed by atoms with van der Waals surface area (Å²) >= 11 is 0. The summed E-state index contributed by atoms with van der Waals surface area (Å²) in [5.74, 6) is 0.751. The molecule has 0 amide bonds. The molecule has 1 aromatic rings. The Balaban J connectivity index is 2.01. The Bertz CT molecular complexity index is 416. The van der Waals surface area contributed by atoms with Gasteiger partial charge in [0.1, 0.15) is 0 Å². The van der Waals surface area contributed by atoms with Gasteiger partial charge in [0.15, 0.2) is 0 Å². The van der Waals surface area contributed by atoms with Crippen molar-refractivity contribution >= 4 is 0 Å². The number of hydrogen-bond acceptors (Lipinski definition) is 1. The highest BCUT2D eigenvalue weighted by Gasteiger charge is 2.35. The Hall–Kier alpha value is -0.820. The second kappa shape index (κ2) is 4.13. The van der Waals surface area contributed by atoms with Crippen molar-refractivity contribution in [3.8, 4) is 0 Å². The molecule has 0 heterocycles. The monoisotopic (exact) mass is 229 g/mol. The van der Waals surface area contributed by atoms with Crippen LogP contribution in [0.2, 0.25) is 0 Å². The van der Waals surface area contributed by atoms with E-state index in [4.69, 9.17) is 5.73 Å². The Morgan fingerprint density at radius 3 is 2.76 bits per heavy atom. The van der Waals surface area contributed by atoms with E-state index in [0.29, 0.717) is 5.41 Å². The minimum atomic E-state index is 0.303. The smallest absolute Gasteiger partial charge is 0.00756 e. The molecular formula is C16H23N. The lowest BCUT2D eigenvalue weighted by Crippen LogP contribution is -2.32. The lowest BCUT2D eigenvalue weighted by Gasteiger charge is -2.28. The summed E-state index contributed by atoms with van der Waals surface area (Å²) in [5, 5.41) is 0. The summed E-state index contributed by atoms with van der Waals surface area (Å²) in [7, 11) is 0. The minimum Gasteiger partial charge on any atom is -0.330 e. The summed E-state index contributed by atoms with van der Waals surface area (Å²) < 4.78 is 0. The minimum absolute atomic E-state index is 0.303. The van der Waals surface area contributed by atoms with E-state index in [1.807, 2.05) is 0 Å². The van der Waals surface area contributed by atoms with E-state index in [1.54, 1.807) is 11.1 Å². The molecule has 17 heavy (non-hydrogen) atoms. The third kappa shape index (κ3) is 1.72. The SMILES string of the molecule is CC1CCc2ccc(C3(CN)CCCC3)cc21. The molecule has 1 unspecified atom stereocenters. The molecule has 0 aliphatic heterocycles. The predicted molar refractivity (Wildman–Crippen MR) is 72.4 cm³/mol. The maximum atomic E-state index is 6.08. The van der Waals surface area contributed by atoms with Crippen molar-refractivity contribution < 1.29 is 0 Å². The molecule has 1 fully saturated rings. The average molecular weight is 229 g/mol. The zero-order valence-electron chi connectivity index (χ0n) is 10.8. The molecule has 2 N–H and O–H groups in total. The Morgan fingerprint density at radius 2 is 2.06 bits per heavy atom. The van der Waals surface area contributed by atoms with Crippen LogP contribution in [0.15, 0.2) is 18.2 Å². The van der Waals surface area contributed by atoms with E-state index in [9.17, 15) is 0 Å². The fraction of sp³-hybridized carbons (Fsp3) is 0.625. The summed E-state index contributed by atoms with van der Waals surface area (Å²) in [6.07, 6.45) is 7.88. The molecule has 2 aliphatic rings. The van der Waals surface area contributed by atoms with Gasteiger partial charge in [-0.1, -0.05) is 38.0 Å². The average Bonchev–Trinajstić information content (AvgIpc) is 2.97. The van der Waals surface area contributed by atoms with Crippen molar-refractivity contribution in [1.29, 1.82) is 0 Å². The molecule has 0 radical (unpaired) electrons. The van der Waals surface area contributed by atoms with Crippen molar-refractivity contribution in [2.75, 3.05) is 6.54 Å². The first-order chi connectivity index (χ1) is 8.25. The topological polar surface area (TPSA) is 26.0 Å². The van der Waals surface area contributed by atoms with E-state index in [0.717, 1.165) is 12.5 Å². The molecule has 1 atom stereocenters. The second-order valence-corrected chi connectivity index (χ2v) is 6.04. The first-order valence-corrected chi connectivity index (χ1v) is 7.08. The molecule has 0 aromatic heterocycles. The van der Waals surface area contributed by atoms with Gasteiger partial charge in [-0.2, -0.15) is 0 Å². The maximum absolute atomic E-state index is 6.08. The van der Waals surface area contributed by atoms with E-state index in [1.165, 1.54) is 44.1 Å². The maximum Gasteiger partial charge on any atom is 0.00756 e. The molecular weight excluding hydrogens is 206 g/mol. The molecule has 0 saturated heterocycles. The lowest BCUT2D eigenvalue weighted by molar-refractivity contribution is 0.452. The van der Waals surface area contributed by atoms with E-state index in [-0.39, 0.29) is 0 Å². The molecule has 1 saturated carbocycles. The predicted octanol–water partition coefficient (Wildman–Crippen LogP) is 3.51. The summed E-state index contributed by atoms with van der Waals surface area (Å²) in [6, 6.07) is 7.20. The molecule has 1 nitrogen and oxygen atoms in total. The number of nitrogens with two attached hydrogens (primary N) is 1. The van der Waals surface area contributed by atoms with E-state index < -0.39 is 0 Å². The van der Waals surface area contributed by atoms with Gasteiger partial charge >= 0.3 is 0 Å². The number of fused-ring (bicyclic) bond motifs is 1. The number of benzene rings is 1. The van der Waals surface area contributed by atoms with Crippen LogP contribution < -0.4 is 5.73 Å². The molecule has 1 aromatic carbocycles. The van der Waals surface area contributed by atoms with Crippen LogP contribution in [0.5, 0.6) is 0 Å². The fourth-order valence-electron chi connectivity index (χ4n) is 3.80. The van der Waals surface area contributed by atoms with Gasteiger partial charge in [-0.05, 0) is 48.3 Å². The van der Waals surface area contributed by atoms with Crippen molar-refractivity contribution in [3.05, 3.63) is 34.9 Å². The van der Waals surface area contributed by atoms with Gasteiger partial charge < -0.3 is 5.73 Å². The van der Waals surface area contributed by atoms with Gasteiger partial charge in [-0.3, -0.25) is 0 Å². The third-order valence-corrected chi connectivity index (χ3v) is 5.09. The van der Waals surface area contributed by atoms with Gasteiger partial charge in [-0.15, -0.1) is 0 Å². The van der Waals surface area contributed by atoms with Gasteiger partial charge in [0.2, 0.25) is 0 Å². The van der Waals surface area contributed by atoms with Crippen LogP contribution in [-0.4, -0.2) is 6.54 Å². The zero-order chi connectivity index (χ0) is 11.9. The zero-order valence-corrected chi connectivity index (χ0v) is 10.8. The van der Waals surface area contributed by atoms with Crippen LogP contribution in [0.25, 0.3) is 0 Å². The summed E-state index contributed by atoms with van der Waals surface area (Å²) in [4.78, 5) is 0. The van der Waals surface area contributed by atoms with Crippen molar-refractivity contribution in [2.24, 2.45) is 5.73 Å². The highest BCUT2D eigenvalue weighted by molar-refractivity contribution is 5.41. The van der Waals surface area contributed by atoms with Crippen molar-refractivity contribution in [1.82, 2.24) is 0 Å². The Labute approximate surface area is 104 Å². The number of hydrogen-bond donors (Lipinski definition) is 1. The largest absolute Gasteiger partial charge is 0.330 e. The van der Waals surface area contributed by atoms with Crippen LogP contribution in [0.4, 0.5) is 0 Å². The van der Waals surface area contributed by atoms with Gasteiger partial charge in [0.25, 0.3) is 0 Å². The summed E-state index contributed by atoms with van der Waals surface area (Å²) in [6.45, 7) is 3.18. The third-order valence-electron chi connectivity index (χ3n) is 5.09. The molecule has 92 valence electrons. The normalized spacial score (nSPS) is 26.1. The molecule has 0 bridgehead atoms. The van der Waals surface area contributed by atoms with Crippen LogP contribution >= 0.6 is 0 Å². The van der Waals surface area contributed by atoms with Crippen LogP contribution in [-0.2, 0) is 11.8 Å². The highest BCUT2D eigenvalue weighted by Crippen LogP contribution is 2.43. The fourth-order valence-corrected chi connectivity index (χ4v) is 3.80. The summed E-state index contributed by atoms with van der Waals surface area (Å²) in [5.41, 5.74) is 11.1. The lowest BCUT2D eigenvalue weighted by atomic mass is 9.78. The Morgan fingerprint density at radius 1 is 1.29 bits per heavy atom.